The van der Waals surface area contributed by atoms with Crippen molar-refractivity contribution in [3.05, 3.63) is 59.7 Å². The topological polar surface area (TPSA) is 513 Å². The highest BCUT2D eigenvalue weighted by Crippen LogP contribution is 2.23. The molecule has 32 nitrogen and oxygen atoms in total. The number of carbonyl (C=O) groups is 14. The van der Waals surface area contributed by atoms with Gasteiger partial charge in [-0.1, -0.05) is 116 Å². The number of rotatable bonds is 35. The molecular weight excluding hydrogens is 1350 g/mol. The highest BCUT2D eigenvalue weighted by molar-refractivity contribution is 5.99. The van der Waals surface area contributed by atoms with E-state index in [1.807, 2.05) is 0 Å². The van der Waals surface area contributed by atoms with Crippen LogP contribution in [0.15, 0.2) is 48.5 Å². The molecule has 0 saturated carbocycles. The minimum absolute atomic E-state index is 0.0229. The van der Waals surface area contributed by atoms with Gasteiger partial charge in [-0.25, -0.2) is 4.79 Å². The zero-order valence-electron chi connectivity index (χ0n) is 60.5. The molecule has 1 fully saturated rings. The minimum Gasteiger partial charge on any atom is -0.508 e. The number of primary amides is 1. The molecule has 1 unspecified atom stereocenters. The van der Waals surface area contributed by atoms with Crippen LogP contribution in [0.2, 0.25) is 0 Å². The summed E-state index contributed by atoms with van der Waals surface area (Å²) >= 11 is 0. The van der Waals surface area contributed by atoms with Crippen molar-refractivity contribution in [1.29, 1.82) is 0 Å². The van der Waals surface area contributed by atoms with Crippen molar-refractivity contribution >= 4 is 82.9 Å². The Bertz CT molecular complexity index is 3210. The van der Waals surface area contributed by atoms with E-state index in [4.69, 9.17) is 16.2 Å². The molecular formula is C72H110N12O20. The maximum Gasteiger partial charge on any atom is 0.334 e. The minimum atomic E-state index is -1.98. The molecule has 3 heterocycles. The van der Waals surface area contributed by atoms with Crippen molar-refractivity contribution in [2.24, 2.45) is 23.3 Å². The number of hydrogen-bond acceptors (Lipinski definition) is 19. The predicted octanol–water partition coefficient (Wildman–Crippen LogP) is 0.939. The Morgan fingerprint density at radius 2 is 1.17 bits per heavy atom. The molecule has 3 aliphatic heterocycles. The van der Waals surface area contributed by atoms with Crippen molar-refractivity contribution < 1.29 is 97.4 Å². The average molecular weight is 1460 g/mol. The first-order valence-electron chi connectivity index (χ1n) is 36.2. The van der Waals surface area contributed by atoms with Gasteiger partial charge in [-0.3, -0.25) is 62.3 Å². The standard InChI is InChI=1S/C72H110N12O20/c1-7-42(4)61-72(103)104-49-28-24-46(25-29-49)39-55(80-64(95)50(20-16-36-73)77-65(96)51(31-34-59(90)91)76-58(89)40-48(87)19-15-13-11-9-8-10-12-14-18-41(2)3)68(99)83-62(44(6)85)70(101)79-53(32-35-60(92)93)63(94)75-43(5)71(102)84-37-17-21-56(84)69(100)78-52(30-33-57(74)88)66(97)81-54(67(98)82-61)38-45-22-26-47(86)27-23-45/h22-29,41-44,48,50-56,61-62,85-87H,7-21,30-40,73H2,1-6H3,(H2,74,88)(H,75,94)(H,76,89)(H,77,96)(H,78,100)(H,79,101)(H,80,95)(H,81,97)(H,82,98)(H,83,99)(H,90,91)(H,92,93)/t42-,43+,44+,48?,50+,51-,52-,53-,54+,55-,56-,61-,62+/m0/s1. The second-order valence-corrected chi connectivity index (χ2v) is 27.5. The van der Waals surface area contributed by atoms with Crippen LogP contribution in [-0.4, -0.2) is 199 Å². The summed E-state index contributed by atoms with van der Waals surface area (Å²) in [5.74, 6) is -14.7. The number of nitrogens with one attached hydrogen (secondary N) is 9. The van der Waals surface area contributed by atoms with Gasteiger partial charge in [0, 0.05) is 38.6 Å². The largest absolute Gasteiger partial charge is 0.508 e. The van der Waals surface area contributed by atoms with E-state index >= 15 is 0 Å². The van der Waals surface area contributed by atoms with E-state index in [1.54, 1.807) is 13.8 Å². The molecule has 2 bridgehead atoms. The molecule has 0 spiro atoms. The first-order valence-corrected chi connectivity index (χ1v) is 36.2. The molecule has 0 radical (unpaired) electrons. The Labute approximate surface area is 606 Å². The fraction of sp³-hybridized carbons (Fsp3) is 0.639. The summed E-state index contributed by atoms with van der Waals surface area (Å²) in [6.07, 6.45) is 2.79. The highest BCUT2D eigenvalue weighted by Gasteiger charge is 2.41. The van der Waals surface area contributed by atoms with Gasteiger partial charge < -0.3 is 94.5 Å². The van der Waals surface area contributed by atoms with Crippen LogP contribution in [0.5, 0.6) is 11.5 Å². The fourth-order valence-electron chi connectivity index (χ4n) is 12.0. The Kier molecular flexibility index (Phi) is 37.7. The van der Waals surface area contributed by atoms with Crippen molar-refractivity contribution in [2.45, 2.75) is 268 Å². The third-order valence-corrected chi connectivity index (χ3v) is 18.3. The number of nitrogens with two attached hydrogens (primary N) is 2. The van der Waals surface area contributed by atoms with Gasteiger partial charge in [0.15, 0.2) is 0 Å². The Morgan fingerprint density at radius 1 is 0.615 bits per heavy atom. The van der Waals surface area contributed by atoms with Gasteiger partial charge in [-0.05, 0) is 119 Å². The molecule has 13 atom stereocenters. The number of hydrogen-bond donors (Lipinski definition) is 16. The number of aromatic hydroxyl groups is 1. The number of carboxylic acids is 2. The van der Waals surface area contributed by atoms with Crippen LogP contribution in [0.4, 0.5) is 0 Å². The Balaban J connectivity index is 1.75. The summed E-state index contributed by atoms with van der Waals surface area (Å²) in [7, 11) is 0. The monoisotopic (exact) mass is 1460 g/mol. The Hall–Kier alpha value is -9.30. The van der Waals surface area contributed by atoms with Gasteiger partial charge in [0.25, 0.3) is 0 Å². The smallest absolute Gasteiger partial charge is 0.334 e. The second kappa shape index (κ2) is 45.0. The zero-order valence-corrected chi connectivity index (χ0v) is 60.5. The van der Waals surface area contributed by atoms with Crippen molar-refractivity contribution in [1.82, 2.24) is 52.8 Å². The van der Waals surface area contributed by atoms with Crippen LogP contribution >= 0.6 is 0 Å². The fourth-order valence-corrected chi connectivity index (χ4v) is 12.0. The normalized spacial score (nSPS) is 22.0. The quantitative estimate of drug-likeness (QED) is 0.0198. The summed E-state index contributed by atoms with van der Waals surface area (Å²) in [6.45, 7) is 10.1. The second-order valence-electron chi connectivity index (χ2n) is 27.5. The lowest BCUT2D eigenvalue weighted by Gasteiger charge is -2.30. The number of unbranched alkanes of at least 4 members (excludes halogenated alkanes) is 7. The van der Waals surface area contributed by atoms with Gasteiger partial charge >= 0.3 is 17.9 Å². The number of aliphatic carboxylic acids is 2. The van der Waals surface area contributed by atoms with Gasteiger partial charge in [-0.2, -0.15) is 0 Å². The summed E-state index contributed by atoms with van der Waals surface area (Å²) in [4.78, 5) is 195. The number of phenols is 1. The van der Waals surface area contributed by atoms with Crippen LogP contribution in [0.25, 0.3) is 0 Å². The lowest BCUT2D eigenvalue weighted by Crippen LogP contribution is -2.62. The molecule has 18 N–H and O–H groups in total. The summed E-state index contributed by atoms with van der Waals surface area (Å²) in [5.41, 5.74) is 12.0. The predicted molar refractivity (Wildman–Crippen MR) is 379 cm³/mol. The number of nitrogens with zero attached hydrogens (tertiary/aromatic N) is 1. The SMILES string of the molecule is CC[C@H](C)[C@@H]1NC(=O)[C@@H](Cc2ccc(O)cc2)NC(=O)[C@H](CCC(N)=O)NC(=O)[C@@H]2CCCN2C(=O)[C@@H](C)NC(=O)[C@H](CCC(=O)O)NC(=O)[C@@H]([C@@H](C)O)NC(=O)[C@@H](NC(=O)[C@@H](CCCN)NC(=O)[C@H](CCC(=O)O)NC(=O)CC(O)CCCCCCCCCCC(C)C)Cc2ccc(cc2)OC1=O. The maximum absolute atomic E-state index is 14.8. The van der Waals surface area contributed by atoms with Crippen molar-refractivity contribution in [3.8, 4) is 11.5 Å². The van der Waals surface area contributed by atoms with E-state index < -0.39 is 213 Å². The van der Waals surface area contributed by atoms with Crippen LogP contribution < -0.4 is 64.1 Å². The van der Waals surface area contributed by atoms with E-state index in [-0.39, 0.29) is 62.3 Å². The van der Waals surface area contributed by atoms with Crippen LogP contribution in [-0.2, 0) is 80.0 Å². The number of esters is 1. The number of phenolic OH excluding ortho intramolecular Hbond substituents is 1. The zero-order chi connectivity index (χ0) is 77.2. The van der Waals surface area contributed by atoms with Crippen molar-refractivity contribution in [3.63, 3.8) is 0 Å². The molecule has 0 aromatic heterocycles. The number of ether oxygens (including phenoxy) is 1. The molecule has 0 aliphatic carbocycles. The first-order chi connectivity index (χ1) is 49.3. The number of aliphatic hydroxyl groups is 2. The van der Waals surface area contributed by atoms with Crippen LogP contribution in [0.1, 0.15) is 194 Å². The lowest BCUT2D eigenvalue weighted by molar-refractivity contribution is -0.143. The maximum atomic E-state index is 14.8. The summed E-state index contributed by atoms with van der Waals surface area (Å²) < 4.78 is 5.82. The number of carbonyl (C=O) groups excluding carboxylic acids is 12. The van der Waals surface area contributed by atoms with Gasteiger partial charge in [0.1, 0.15) is 71.9 Å². The highest BCUT2D eigenvalue weighted by atomic mass is 16.5. The number of amides is 11. The van der Waals surface area contributed by atoms with E-state index in [2.05, 4.69) is 61.7 Å². The molecule has 2 aromatic rings. The number of carboxylic acid groups (broad SMARTS) is 2. The molecule has 5 rings (SSSR count). The molecule has 578 valence electrons. The molecule has 32 heteroatoms. The number of aliphatic hydroxyl groups excluding tert-OH is 2. The van der Waals surface area contributed by atoms with E-state index in [0.717, 1.165) is 43.9 Å². The van der Waals surface area contributed by atoms with Crippen molar-refractivity contribution in [2.75, 3.05) is 13.1 Å². The molecule has 11 amide bonds. The number of benzene rings is 2. The van der Waals surface area contributed by atoms with Crippen LogP contribution in [0.3, 0.4) is 0 Å². The summed E-state index contributed by atoms with van der Waals surface area (Å²) in [6, 6.07) is -4.88. The summed E-state index contributed by atoms with van der Waals surface area (Å²) in [5, 5.41) is 74.1. The van der Waals surface area contributed by atoms with E-state index in [1.165, 1.54) is 74.7 Å². The van der Waals surface area contributed by atoms with Gasteiger partial charge in [0.2, 0.25) is 65.0 Å². The third-order valence-electron chi connectivity index (χ3n) is 18.3. The van der Waals surface area contributed by atoms with E-state index in [0.29, 0.717) is 30.7 Å². The molecule has 3 aliphatic rings. The molecule has 104 heavy (non-hydrogen) atoms. The third kappa shape index (κ3) is 31.0. The van der Waals surface area contributed by atoms with Crippen LogP contribution in [0, 0.1) is 11.8 Å². The van der Waals surface area contributed by atoms with Gasteiger partial charge in [0.05, 0.1) is 18.6 Å². The molecule has 1 saturated heterocycles. The van der Waals surface area contributed by atoms with E-state index in [9.17, 15) is 92.7 Å². The molecule has 2 aromatic carbocycles. The lowest BCUT2D eigenvalue weighted by atomic mass is 9.97. The number of fused-ring (bicyclic) bond motifs is 23. The van der Waals surface area contributed by atoms with Gasteiger partial charge in [-0.15, -0.1) is 0 Å². The first kappa shape index (κ1) is 87.1. The Morgan fingerprint density at radius 3 is 1.76 bits per heavy atom. The average Bonchev–Trinajstić information content (AvgIpc) is 1.44.